The number of alkyl carbamates (subject to hydrolysis) is 1. The Labute approximate surface area is 120 Å². The summed E-state index contributed by atoms with van der Waals surface area (Å²) in [6, 6.07) is 4.72. The van der Waals surface area contributed by atoms with Crippen molar-refractivity contribution in [2.45, 2.75) is 18.8 Å². The Balaban J connectivity index is 2.31. The molecule has 1 amide bonds. The number of rotatable bonds is 6. The molecule has 0 radical (unpaired) electrons. The van der Waals surface area contributed by atoms with E-state index in [0.717, 1.165) is 12.1 Å². The molecule has 1 aromatic carbocycles. The van der Waals surface area contributed by atoms with Gasteiger partial charge in [0, 0.05) is 6.54 Å². The van der Waals surface area contributed by atoms with E-state index in [9.17, 15) is 18.0 Å². The van der Waals surface area contributed by atoms with Crippen molar-refractivity contribution in [3.8, 4) is 0 Å². The maximum atomic E-state index is 12.4. The maximum Gasteiger partial charge on any atom is 0.416 e. The molecule has 1 rings (SSSR count). The predicted octanol–water partition coefficient (Wildman–Crippen LogP) is 1.51. The number of hydrogen-bond acceptors (Lipinski definition) is 4. The van der Waals surface area contributed by atoms with Crippen LogP contribution in [-0.2, 0) is 17.3 Å². The van der Waals surface area contributed by atoms with Gasteiger partial charge in [0.2, 0.25) is 0 Å². The van der Waals surface area contributed by atoms with Gasteiger partial charge in [0.1, 0.15) is 12.8 Å². The number of nitrogens with one attached hydrogen (secondary N) is 2. The van der Waals surface area contributed by atoms with Gasteiger partial charge >= 0.3 is 12.3 Å². The molecule has 1 unspecified atom stereocenters. The Morgan fingerprint density at radius 2 is 1.95 bits per heavy atom. The van der Waals surface area contributed by atoms with Gasteiger partial charge in [-0.25, -0.2) is 4.79 Å². The summed E-state index contributed by atoms with van der Waals surface area (Å²) >= 11 is 0. The highest BCUT2D eigenvalue weighted by molar-refractivity contribution is 5.67. The van der Waals surface area contributed by atoms with Crippen LogP contribution < -0.4 is 10.6 Å². The van der Waals surface area contributed by atoms with Crippen LogP contribution in [0.15, 0.2) is 24.3 Å². The summed E-state index contributed by atoms with van der Waals surface area (Å²) < 4.78 is 41.8. The third kappa shape index (κ3) is 6.46. The molecule has 0 saturated heterocycles. The van der Waals surface area contributed by atoms with Crippen LogP contribution in [0.3, 0.4) is 0 Å². The molecule has 0 saturated carbocycles. The fourth-order valence-electron chi connectivity index (χ4n) is 1.46. The summed E-state index contributed by atoms with van der Waals surface area (Å²) in [4.78, 5) is 11.2. The summed E-state index contributed by atoms with van der Waals surface area (Å²) in [5, 5.41) is 14.0. The third-order valence-electron chi connectivity index (χ3n) is 2.67. The molecular formula is C13H17F3N2O3. The van der Waals surface area contributed by atoms with Gasteiger partial charge in [-0.1, -0.05) is 12.1 Å². The molecule has 0 spiro atoms. The number of aliphatic hydroxyl groups excluding tert-OH is 1. The van der Waals surface area contributed by atoms with E-state index in [-0.39, 0.29) is 13.2 Å². The SMILES string of the molecule is CNC(O)COC(=O)NCCc1ccc(C(F)(F)F)cc1. The van der Waals surface area contributed by atoms with Gasteiger partial charge in [0.15, 0.2) is 0 Å². The summed E-state index contributed by atoms with van der Waals surface area (Å²) in [5.41, 5.74) is -0.0433. The molecular weight excluding hydrogens is 289 g/mol. The van der Waals surface area contributed by atoms with Gasteiger partial charge in [-0.15, -0.1) is 0 Å². The van der Waals surface area contributed by atoms with Crippen molar-refractivity contribution < 1.29 is 27.8 Å². The zero-order chi connectivity index (χ0) is 15.9. The smallest absolute Gasteiger partial charge is 0.416 e. The molecule has 5 nitrogen and oxygen atoms in total. The van der Waals surface area contributed by atoms with E-state index in [1.807, 2.05) is 0 Å². The average molecular weight is 306 g/mol. The van der Waals surface area contributed by atoms with Crippen molar-refractivity contribution >= 4 is 6.09 Å². The van der Waals surface area contributed by atoms with Crippen molar-refractivity contribution in [1.82, 2.24) is 10.6 Å². The number of aliphatic hydroxyl groups is 1. The van der Waals surface area contributed by atoms with E-state index in [4.69, 9.17) is 5.11 Å². The van der Waals surface area contributed by atoms with E-state index < -0.39 is 24.1 Å². The number of carbonyl (C=O) groups is 1. The Bertz CT molecular complexity index is 449. The first-order valence-corrected chi connectivity index (χ1v) is 6.25. The fraction of sp³-hybridized carbons (Fsp3) is 0.462. The molecule has 0 aromatic heterocycles. The molecule has 0 bridgehead atoms. The van der Waals surface area contributed by atoms with Crippen LogP contribution in [0.25, 0.3) is 0 Å². The van der Waals surface area contributed by atoms with Gasteiger partial charge in [0.05, 0.1) is 5.56 Å². The molecule has 118 valence electrons. The number of halogens is 3. The number of benzene rings is 1. The van der Waals surface area contributed by atoms with E-state index in [2.05, 4.69) is 15.4 Å². The second kappa shape index (κ2) is 7.84. The van der Waals surface area contributed by atoms with Crippen LogP contribution in [0.4, 0.5) is 18.0 Å². The molecule has 0 fully saturated rings. The number of alkyl halides is 3. The third-order valence-corrected chi connectivity index (χ3v) is 2.67. The number of amides is 1. The first kappa shape index (κ1) is 17.3. The zero-order valence-corrected chi connectivity index (χ0v) is 11.4. The Morgan fingerprint density at radius 3 is 2.48 bits per heavy atom. The number of likely N-dealkylation sites (N-methyl/N-ethyl adjacent to an activating group) is 1. The van der Waals surface area contributed by atoms with Crippen LogP contribution in [0.5, 0.6) is 0 Å². The van der Waals surface area contributed by atoms with E-state index in [1.165, 1.54) is 19.2 Å². The molecule has 3 N–H and O–H groups in total. The maximum absolute atomic E-state index is 12.4. The van der Waals surface area contributed by atoms with E-state index in [0.29, 0.717) is 12.0 Å². The lowest BCUT2D eigenvalue weighted by atomic mass is 10.1. The van der Waals surface area contributed by atoms with Crippen molar-refractivity contribution in [3.63, 3.8) is 0 Å². The van der Waals surface area contributed by atoms with Crippen LogP contribution in [-0.4, -0.2) is 37.6 Å². The lowest BCUT2D eigenvalue weighted by Gasteiger charge is -2.11. The van der Waals surface area contributed by atoms with E-state index in [1.54, 1.807) is 0 Å². The van der Waals surface area contributed by atoms with Gasteiger partial charge < -0.3 is 15.2 Å². The first-order valence-electron chi connectivity index (χ1n) is 6.25. The molecule has 0 aliphatic rings. The fourth-order valence-corrected chi connectivity index (χ4v) is 1.46. The van der Waals surface area contributed by atoms with Crippen LogP contribution in [0, 0.1) is 0 Å². The lowest BCUT2D eigenvalue weighted by molar-refractivity contribution is -0.137. The van der Waals surface area contributed by atoms with Crippen molar-refractivity contribution in [2.24, 2.45) is 0 Å². The van der Waals surface area contributed by atoms with Gasteiger partial charge in [-0.2, -0.15) is 13.2 Å². The van der Waals surface area contributed by atoms with Gasteiger partial charge in [-0.05, 0) is 31.2 Å². The average Bonchev–Trinajstić information content (AvgIpc) is 2.44. The second-order valence-corrected chi connectivity index (χ2v) is 4.27. The lowest BCUT2D eigenvalue weighted by Crippen LogP contribution is -2.34. The zero-order valence-electron chi connectivity index (χ0n) is 11.4. The quantitative estimate of drug-likeness (QED) is 0.697. The molecule has 0 aliphatic carbocycles. The van der Waals surface area contributed by atoms with Crippen molar-refractivity contribution in [1.29, 1.82) is 0 Å². The highest BCUT2D eigenvalue weighted by Gasteiger charge is 2.29. The topological polar surface area (TPSA) is 70.6 Å². The highest BCUT2D eigenvalue weighted by Crippen LogP contribution is 2.29. The summed E-state index contributed by atoms with van der Waals surface area (Å²) in [6.45, 7) is 0.0302. The van der Waals surface area contributed by atoms with Crippen molar-refractivity contribution in [3.05, 3.63) is 35.4 Å². The summed E-state index contributed by atoms with van der Waals surface area (Å²) in [5.74, 6) is 0. The van der Waals surface area contributed by atoms with Gasteiger partial charge in [0.25, 0.3) is 0 Å². The minimum atomic E-state index is -4.35. The normalized spacial score (nSPS) is 12.8. The molecule has 1 atom stereocenters. The Kier molecular flexibility index (Phi) is 6.44. The van der Waals surface area contributed by atoms with E-state index >= 15 is 0 Å². The number of hydrogen-bond donors (Lipinski definition) is 3. The minimum absolute atomic E-state index is 0.192. The standard InChI is InChI=1S/C13H17F3N2O3/c1-17-11(19)8-21-12(20)18-7-6-9-2-4-10(5-3-9)13(14,15)16/h2-5,11,17,19H,6-8H2,1H3,(H,18,20). The van der Waals surface area contributed by atoms with Crippen molar-refractivity contribution in [2.75, 3.05) is 20.2 Å². The van der Waals surface area contributed by atoms with Gasteiger partial charge in [-0.3, -0.25) is 5.32 Å². The number of carbonyl (C=O) groups excluding carboxylic acids is 1. The van der Waals surface area contributed by atoms with Crippen LogP contribution in [0.2, 0.25) is 0 Å². The molecule has 21 heavy (non-hydrogen) atoms. The largest absolute Gasteiger partial charge is 0.445 e. The Morgan fingerprint density at radius 1 is 1.33 bits per heavy atom. The molecule has 0 heterocycles. The first-order chi connectivity index (χ1) is 9.82. The second-order valence-electron chi connectivity index (χ2n) is 4.27. The molecule has 0 aliphatic heterocycles. The molecule has 1 aromatic rings. The Hall–Kier alpha value is -1.80. The highest BCUT2D eigenvalue weighted by atomic mass is 19.4. The summed E-state index contributed by atoms with van der Waals surface area (Å²) in [6.07, 6.45) is -5.61. The monoisotopic (exact) mass is 306 g/mol. The summed E-state index contributed by atoms with van der Waals surface area (Å²) in [7, 11) is 1.51. The predicted molar refractivity (Wildman–Crippen MR) is 69.6 cm³/mol. The molecule has 8 heteroatoms. The number of ether oxygens (including phenoxy) is 1. The minimum Gasteiger partial charge on any atom is -0.445 e. The van der Waals surface area contributed by atoms with Crippen LogP contribution >= 0.6 is 0 Å². The van der Waals surface area contributed by atoms with Crippen LogP contribution in [0.1, 0.15) is 11.1 Å².